The van der Waals surface area contributed by atoms with Crippen molar-refractivity contribution in [3.05, 3.63) is 75.6 Å². The number of carbonyl (C=O) groups is 1. The fourth-order valence-corrected chi connectivity index (χ4v) is 3.60. The molecule has 5 nitrogen and oxygen atoms in total. The molecule has 0 fully saturated rings. The second-order valence-electron chi connectivity index (χ2n) is 7.18. The van der Waals surface area contributed by atoms with Crippen LogP contribution in [0.25, 0.3) is 0 Å². The summed E-state index contributed by atoms with van der Waals surface area (Å²) in [7, 11) is 0. The minimum atomic E-state index is -0.0531. The maximum atomic E-state index is 12.8. The Morgan fingerprint density at radius 3 is 2.66 bits per heavy atom. The Balaban J connectivity index is 1.48. The summed E-state index contributed by atoms with van der Waals surface area (Å²) in [5.41, 5.74) is 4.61. The van der Waals surface area contributed by atoms with Crippen molar-refractivity contribution in [2.75, 3.05) is 13.4 Å². The Bertz CT molecular complexity index is 1090. The topological polar surface area (TPSA) is 49.7 Å². The average molecular weight is 412 g/mol. The molecule has 4 rings (SSSR count). The van der Waals surface area contributed by atoms with Gasteiger partial charge in [0.1, 0.15) is 5.75 Å². The molecule has 1 aromatic heterocycles. The first-order valence-corrected chi connectivity index (χ1v) is 9.77. The number of nitrogens with zero attached hydrogens (tertiary/aromatic N) is 1. The summed E-state index contributed by atoms with van der Waals surface area (Å²) in [6.07, 6.45) is 0. The van der Waals surface area contributed by atoms with Crippen LogP contribution in [0.4, 0.5) is 0 Å². The van der Waals surface area contributed by atoms with Gasteiger partial charge in [0, 0.05) is 28.5 Å². The molecule has 0 unspecified atom stereocenters. The molecule has 1 aliphatic rings. The van der Waals surface area contributed by atoms with Gasteiger partial charge < -0.3 is 18.8 Å². The van der Waals surface area contributed by atoms with Crippen LogP contribution in [0.1, 0.15) is 32.9 Å². The van der Waals surface area contributed by atoms with Crippen molar-refractivity contribution in [3.8, 4) is 17.2 Å². The third-order valence-corrected chi connectivity index (χ3v) is 5.58. The van der Waals surface area contributed by atoms with E-state index in [4.69, 9.17) is 25.8 Å². The van der Waals surface area contributed by atoms with E-state index in [-0.39, 0.29) is 19.2 Å². The summed E-state index contributed by atoms with van der Waals surface area (Å²) in [6, 6.07) is 13.2. The number of benzene rings is 2. The molecule has 0 atom stereocenters. The molecule has 2 aromatic carbocycles. The van der Waals surface area contributed by atoms with Gasteiger partial charge in [0.25, 0.3) is 0 Å². The van der Waals surface area contributed by atoms with E-state index in [9.17, 15) is 4.79 Å². The van der Waals surface area contributed by atoms with Crippen LogP contribution in [0.2, 0.25) is 5.02 Å². The van der Waals surface area contributed by atoms with E-state index in [0.29, 0.717) is 22.9 Å². The summed E-state index contributed by atoms with van der Waals surface area (Å²) < 4.78 is 18.6. The first kappa shape index (κ1) is 19.4. The van der Waals surface area contributed by atoms with Crippen molar-refractivity contribution in [2.45, 2.75) is 27.3 Å². The van der Waals surface area contributed by atoms with Crippen LogP contribution >= 0.6 is 11.6 Å². The van der Waals surface area contributed by atoms with Crippen LogP contribution in [-0.2, 0) is 6.54 Å². The van der Waals surface area contributed by atoms with Crippen molar-refractivity contribution >= 4 is 17.4 Å². The van der Waals surface area contributed by atoms with Crippen LogP contribution < -0.4 is 14.2 Å². The molecule has 3 aromatic rings. The summed E-state index contributed by atoms with van der Waals surface area (Å²) >= 11 is 6.04. The van der Waals surface area contributed by atoms with Crippen LogP contribution in [0.3, 0.4) is 0 Å². The molecule has 0 saturated heterocycles. The Morgan fingerprint density at radius 1 is 1.07 bits per heavy atom. The van der Waals surface area contributed by atoms with Gasteiger partial charge in [-0.15, -0.1) is 0 Å². The highest BCUT2D eigenvalue weighted by Gasteiger charge is 2.18. The predicted octanol–water partition coefficient (Wildman–Crippen LogP) is 5.11. The lowest BCUT2D eigenvalue weighted by Crippen LogP contribution is -2.13. The van der Waals surface area contributed by atoms with Crippen LogP contribution in [0.15, 0.2) is 42.5 Å². The van der Waals surface area contributed by atoms with E-state index in [2.05, 4.69) is 4.57 Å². The number of hydrogen-bond donors (Lipinski definition) is 0. The van der Waals surface area contributed by atoms with Crippen molar-refractivity contribution in [3.63, 3.8) is 0 Å². The van der Waals surface area contributed by atoms with E-state index < -0.39 is 0 Å². The summed E-state index contributed by atoms with van der Waals surface area (Å²) in [4.78, 5) is 12.8. The maximum Gasteiger partial charge on any atom is 0.231 e. The Hall–Kier alpha value is -2.92. The molecule has 0 amide bonds. The van der Waals surface area contributed by atoms with Gasteiger partial charge in [-0.3, -0.25) is 4.79 Å². The van der Waals surface area contributed by atoms with Gasteiger partial charge in [0.05, 0.1) is 0 Å². The Kier molecular flexibility index (Phi) is 5.24. The molecule has 0 spiro atoms. The van der Waals surface area contributed by atoms with Gasteiger partial charge in [0.2, 0.25) is 12.6 Å². The third-order valence-electron chi connectivity index (χ3n) is 5.15. The van der Waals surface area contributed by atoms with Gasteiger partial charge in [-0.05, 0) is 68.3 Å². The van der Waals surface area contributed by atoms with Gasteiger partial charge in [-0.25, -0.2) is 0 Å². The molecular formula is C23H22ClNO4. The first-order valence-electron chi connectivity index (χ1n) is 9.40. The van der Waals surface area contributed by atoms with Crippen molar-refractivity contribution in [1.82, 2.24) is 4.57 Å². The van der Waals surface area contributed by atoms with Gasteiger partial charge >= 0.3 is 0 Å². The number of Topliss-reactive ketones (excluding diaryl/α,β-unsaturated/α-hetero) is 1. The second-order valence-corrected chi connectivity index (χ2v) is 7.59. The molecule has 0 saturated carbocycles. The number of hydrogen-bond acceptors (Lipinski definition) is 4. The van der Waals surface area contributed by atoms with Crippen molar-refractivity contribution in [1.29, 1.82) is 0 Å². The second kappa shape index (κ2) is 7.84. The van der Waals surface area contributed by atoms with Crippen LogP contribution in [0.5, 0.6) is 17.2 Å². The monoisotopic (exact) mass is 411 g/mol. The lowest BCUT2D eigenvalue weighted by molar-refractivity contribution is 0.0920. The number of carbonyl (C=O) groups excluding carboxylic acids is 1. The van der Waals surface area contributed by atoms with E-state index >= 15 is 0 Å². The first-order chi connectivity index (χ1) is 13.9. The molecule has 6 heteroatoms. The quantitative estimate of drug-likeness (QED) is 0.529. The highest BCUT2D eigenvalue weighted by atomic mass is 35.5. The normalized spacial score (nSPS) is 12.3. The van der Waals surface area contributed by atoms with E-state index in [1.165, 1.54) is 0 Å². The zero-order valence-electron chi connectivity index (χ0n) is 16.6. The number of aromatic nitrogens is 1. The largest absolute Gasteiger partial charge is 0.485 e. The molecule has 0 radical (unpaired) electrons. The van der Waals surface area contributed by atoms with E-state index in [1.54, 1.807) is 12.1 Å². The van der Waals surface area contributed by atoms with Crippen molar-refractivity contribution in [2.24, 2.45) is 0 Å². The average Bonchev–Trinajstić information content (AvgIpc) is 3.28. The number of ether oxygens (including phenoxy) is 3. The zero-order valence-corrected chi connectivity index (χ0v) is 17.4. The molecule has 0 aliphatic carbocycles. The molecule has 29 heavy (non-hydrogen) atoms. The van der Waals surface area contributed by atoms with E-state index in [1.807, 2.05) is 51.1 Å². The fraction of sp³-hybridized carbons (Fsp3) is 0.261. The van der Waals surface area contributed by atoms with Gasteiger partial charge in [-0.1, -0.05) is 17.7 Å². The van der Waals surface area contributed by atoms with Crippen molar-refractivity contribution < 1.29 is 19.0 Å². The number of halogens is 1. The molecule has 2 heterocycles. The number of aryl methyl sites for hydroxylation is 2. The molecule has 0 N–H and O–H groups in total. The molecule has 0 bridgehead atoms. The minimum Gasteiger partial charge on any atom is -0.485 e. The Morgan fingerprint density at radius 2 is 1.86 bits per heavy atom. The highest BCUT2D eigenvalue weighted by Crippen LogP contribution is 2.33. The van der Waals surface area contributed by atoms with E-state index in [0.717, 1.165) is 34.0 Å². The number of fused-ring (bicyclic) bond motifs is 1. The number of ketones is 1. The zero-order chi connectivity index (χ0) is 20.5. The summed E-state index contributed by atoms with van der Waals surface area (Å²) in [6.45, 7) is 6.75. The smallest absolute Gasteiger partial charge is 0.231 e. The summed E-state index contributed by atoms with van der Waals surface area (Å²) in [5, 5.41) is 0.677. The SMILES string of the molecule is Cc1cc(OCC(=O)c2cc(C)n(Cc3ccc4c(c3)OCO4)c2C)ccc1Cl. The molecule has 1 aliphatic heterocycles. The summed E-state index contributed by atoms with van der Waals surface area (Å²) in [5.74, 6) is 2.10. The van der Waals surface area contributed by atoms with Crippen LogP contribution in [0, 0.1) is 20.8 Å². The maximum absolute atomic E-state index is 12.8. The third kappa shape index (κ3) is 3.96. The lowest BCUT2D eigenvalue weighted by Gasteiger charge is -2.11. The Labute approximate surface area is 174 Å². The number of rotatable bonds is 6. The molecule has 150 valence electrons. The van der Waals surface area contributed by atoms with Gasteiger partial charge in [-0.2, -0.15) is 0 Å². The highest BCUT2D eigenvalue weighted by molar-refractivity contribution is 6.31. The van der Waals surface area contributed by atoms with Crippen LogP contribution in [-0.4, -0.2) is 23.8 Å². The fourth-order valence-electron chi connectivity index (χ4n) is 3.48. The predicted molar refractivity (Wildman–Crippen MR) is 112 cm³/mol. The lowest BCUT2D eigenvalue weighted by atomic mass is 10.1. The van der Waals surface area contributed by atoms with Gasteiger partial charge in [0.15, 0.2) is 18.1 Å². The minimum absolute atomic E-state index is 0.0185. The molecular weight excluding hydrogens is 390 g/mol. The standard InChI is InChI=1S/C23H22ClNO4/c1-14-8-18(5-6-20(14)24)27-12-21(26)19-9-15(2)25(16(19)3)11-17-4-7-22-23(10-17)29-13-28-22/h4-10H,11-13H2,1-3H3.